The normalized spacial score (nSPS) is 13.3. The average molecular weight is 456 g/mol. The number of carbonyl (C=O) groups is 3. The number of rotatable bonds is 7. The van der Waals surface area contributed by atoms with Crippen LogP contribution in [0, 0.1) is 0 Å². The topological polar surface area (TPSA) is 110 Å². The maximum Gasteiger partial charge on any atom is 0.341 e. The molecule has 0 atom stereocenters. The van der Waals surface area contributed by atoms with Crippen LogP contribution in [0.5, 0.6) is 5.75 Å². The summed E-state index contributed by atoms with van der Waals surface area (Å²) in [6.45, 7) is 4.64. The Hall–Kier alpha value is -3.82. The SMILES string of the molecule is CCOC(=O)c1ccc(N2CCN(C(=O)NCc3ccc(OC)c(C(=O)OC)c3)CC2)nc1. The minimum Gasteiger partial charge on any atom is -0.496 e. The molecular formula is C23H28N4O6. The Morgan fingerprint density at radius 1 is 1.03 bits per heavy atom. The molecule has 3 rings (SSSR count). The van der Waals surface area contributed by atoms with Crippen molar-refractivity contribution in [3.05, 3.63) is 53.2 Å². The molecule has 1 aliphatic rings. The molecule has 0 bridgehead atoms. The van der Waals surface area contributed by atoms with Gasteiger partial charge in [0.2, 0.25) is 0 Å². The molecule has 1 aliphatic heterocycles. The third kappa shape index (κ3) is 5.91. The number of hydrogen-bond donors (Lipinski definition) is 1. The van der Waals surface area contributed by atoms with E-state index in [1.807, 2.05) is 0 Å². The van der Waals surface area contributed by atoms with Gasteiger partial charge >= 0.3 is 18.0 Å². The first-order valence-electron chi connectivity index (χ1n) is 10.6. The number of methoxy groups -OCH3 is 2. The van der Waals surface area contributed by atoms with Gasteiger partial charge in [-0.25, -0.2) is 19.4 Å². The molecule has 1 saturated heterocycles. The van der Waals surface area contributed by atoms with Gasteiger partial charge in [-0.2, -0.15) is 0 Å². The Balaban J connectivity index is 1.52. The maximum atomic E-state index is 12.6. The third-order valence-electron chi connectivity index (χ3n) is 5.26. The Bertz CT molecular complexity index is 987. The first kappa shape index (κ1) is 23.8. The lowest BCUT2D eigenvalue weighted by Crippen LogP contribution is -2.51. The van der Waals surface area contributed by atoms with Crippen molar-refractivity contribution >= 4 is 23.8 Å². The lowest BCUT2D eigenvalue weighted by molar-refractivity contribution is 0.0524. The van der Waals surface area contributed by atoms with Crippen molar-refractivity contribution < 1.29 is 28.6 Å². The second kappa shape index (κ2) is 11.2. The summed E-state index contributed by atoms with van der Waals surface area (Å²) in [5, 5.41) is 2.89. The van der Waals surface area contributed by atoms with Gasteiger partial charge in [0.1, 0.15) is 17.1 Å². The lowest BCUT2D eigenvalue weighted by atomic mass is 10.1. The highest BCUT2D eigenvalue weighted by atomic mass is 16.5. The van der Waals surface area contributed by atoms with Crippen LogP contribution in [0.2, 0.25) is 0 Å². The maximum absolute atomic E-state index is 12.6. The minimum atomic E-state index is -0.500. The molecule has 10 nitrogen and oxygen atoms in total. The molecule has 2 heterocycles. The van der Waals surface area contributed by atoms with Crippen molar-refractivity contribution in [2.75, 3.05) is 51.9 Å². The highest BCUT2D eigenvalue weighted by Crippen LogP contribution is 2.21. The van der Waals surface area contributed by atoms with E-state index >= 15 is 0 Å². The molecule has 1 aromatic carbocycles. The van der Waals surface area contributed by atoms with E-state index in [4.69, 9.17) is 14.2 Å². The number of esters is 2. The first-order valence-corrected chi connectivity index (χ1v) is 10.6. The first-order chi connectivity index (χ1) is 16.0. The van der Waals surface area contributed by atoms with Crippen molar-refractivity contribution in [1.29, 1.82) is 0 Å². The highest BCUT2D eigenvalue weighted by Gasteiger charge is 2.22. The van der Waals surface area contributed by atoms with E-state index in [0.29, 0.717) is 49.7 Å². The quantitative estimate of drug-likeness (QED) is 0.631. The number of ether oxygens (including phenoxy) is 3. The smallest absolute Gasteiger partial charge is 0.341 e. The van der Waals surface area contributed by atoms with Crippen molar-refractivity contribution in [3.63, 3.8) is 0 Å². The van der Waals surface area contributed by atoms with Crippen molar-refractivity contribution in [2.45, 2.75) is 13.5 Å². The standard InChI is InChI=1S/C23H28N4O6/c1-4-33-21(28)17-6-8-20(24-15-17)26-9-11-27(12-10-26)23(30)25-14-16-5-7-19(31-2)18(13-16)22(29)32-3/h5-8,13,15H,4,9-12,14H2,1-3H3,(H,25,30). The van der Waals surface area contributed by atoms with E-state index in [2.05, 4.69) is 15.2 Å². The van der Waals surface area contributed by atoms with Crippen LogP contribution in [-0.4, -0.2) is 74.9 Å². The Kier molecular flexibility index (Phi) is 8.06. The molecule has 0 unspecified atom stereocenters. The average Bonchev–Trinajstić information content (AvgIpc) is 2.87. The van der Waals surface area contributed by atoms with Crippen LogP contribution in [0.1, 0.15) is 33.2 Å². The zero-order valence-electron chi connectivity index (χ0n) is 19.0. The molecule has 0 saturated carbocycles. The molecule has 10 heteroatoms. The number of amides is 2. The Labute approximate surface area is 192 Å². The van der Waals surface area contributed by atoms with E-state index < -0.39 is 11.9 Å². The van der Waals surface area contributed by atoms with Crippen molar-refractivity contribution in [1.82, 2.24) is 15.2 Å². The summed E-state index contributed by atoms with van der Waals surface area (Å²) in [5.74, 6) is 0.266. The Morgan fingerprint density at radius 2 is 1.79 bits per heavy atom. The fourth-order valence-electron chi connectivity index (χ4n) is 3.47. The summed E-state index contributed by atoms with van der Waals surface area (Å²) in [7, 11) is 2.79. The van der Waals surface area contributed by atoms with Gasteiger partial charge in [0.25, 0.3) is 0 Å². The summed E-state index contributed by atoms with van der Waals surface area (Å²) in [4.78, 5) is 44.4. The van der Waals surface area contributed by atoms with Crippen LogP contribution in [0.25, 0.3) is 0 Å². The van der Waals surface area contributed by atoms with Crippen molar-refractivity contribution in [3.8, 4) is 5.75 Å². The van der Waals surface area contributed by atoms with E-state index in [0.717, 1.165) is 11.4 Å². The van der Waals surface area contributed by atoms with Gasteiger partial charge in [-0.1, -0.05) is 6.07 Å². The van der Waals surface area contributed by atoms with E-state index in [1.54, 1.807) is 42.2 Å². The van der Waals surface area contributed by atoms with E-state index in [-0.39, 0.29) is 12.6 Å². The summed E-state index contributed by atoms with van der Waals surface area (Å²) in [6.07, 6.45) is 1.50. The molecule has 0 aliphatic carbocycles. The number of urea groups is 1. The predicted molar refractivity (Wildman–Crippen MR) is 121 cm³/mol. The van der Waals surface area contributed by atoms with Crippen LogP contribution in [0.15, 0.2) is 36.5 Å². The minimum absolute atomic E-state index is 0.185. The molecular weight excluding hydrogens is 428 g/mol. The van der Waals surface area contributed by atoms with Crippen LogP contribution in [-0.2, 0) is 16.0 Å². The lowest BCUT2D eigenvalue weighted by Gasteiger charge is -2.35. The second-order valence-electron chi connectivity index (χ2n) is 7.28. The number of pyridine rings is 1. The molecule has 2 amide bonds. The van der Waals surface area contributed by atoms with Gasteiger partial charge in [0, 0.05) is 38.9 Å². The number of hydrogen-bond acceptors (Lipinski definition) is 8. The Morgan fingerprint density at radius 3 is 2.39 bits per heavy atom. The summed E-state index contributed by atoms with van der Waals surface area (Å²) < 4.78 is 14.9. The molecule has 176 valence electrons. The van der Waals surface area contributed by atoms with Gasteiger partial charge in [0.15, 0.2) is 0 Å². The highest BCUT2D eigenvalue weighted by molar-refractivity contribution is 5.92. The molecule has 33 heavy (non-hydrogen) atoms. The van der Waals surface area contributed by atoms with Gasteiger partial charge < -0.3 is 29.3 Å². The van der Waals surface area contributed by atoms with E-state index in [9.17, 15) is 14.4 Å². The van der Waals surface area contributed by atoms with Crippen molar-refractivity contribution in [2.24, 2.45) is 0 Å². The zero-order valence-corrected chi connectivity index (χ0v) is 19.0. The predicted octanol–water partition coefficient (Wildman–Crippen LogP) is 2.09. The number of benzene rings is 1. The van der Waals surface area contributed by atoms with Gasteiger partial charge in [-0.3, -0.25) is 0 Å². The number of nitrogens with one attached hydrogen (secondary N) is 1. The number of anilines is 1. The molecule has 2 aromatic rings. The third-order valence-corrected chi connectivity index (χ3v) is 5.26. The molecule has 1 aromatic heterocycles. The fourth-order valence-corrected chi connectivity index (χ4v) is 3.47. The number of carbonyl (C=O) groups excluding carboxylic acids is 3. The molecule has 1 N–H and O–H groups in total. The summed E-state index contributed by atoms with van der Waals surface area (Å²) >= 11 is 0. The van der Waals surface area contributed by atoms with Crippen LogP contribution >= 0.6 is 0 Å². The van der Waals surface area contributed by atoms with Crippen LogP contribution in [0.3, 0.4) is 0 Å². The number of piperazine rings is 1. The van der Waals surface area contributed by atoms with Gasteiger partial charge in [-0.15, -0.1) is 0 Å². The zero-order chi connectivity index (χ0) is 23.8. The number of nitrogens with zero attached hydrogens (tertiary/aromatic N) is 3. The van der Waals surface area contributed by atoms with Crippen LogP contribution < -0.4 is 15.0 Å². The number of aromatic nitrogens is 1. The van der Waals surface area contributed by atoms with Crippen LogP contribution in [0.4, 0.5) is 10.6 Å². The molecule has 1 fully saturated rings. The van der Waals surface area contributed by atoms with E-state index in [1.165, 1.54) is 20.4 Å². The fraction of sp³-hybridized carbons (Fsp3) is 0.391. The largest absolute Gasteiger partial charge is 0.496 e. The summed E-state index contributed by atoms with van der Waals surface area (Å²) in [5.41, 5.74) is 1.48. The molecule has 0 spiro atoms. The molecule has 0 radical (unpaired) electrons. The van der Waals surface area contributed by atoms with Gasteiger partial charge in [-0.05, 0) is 36.8 Å². The van der Waals surface area contributed by atoms with Gasteiger partial charge in [0.05, 0.1) is 26.4 Å². The monoisotopic (exact) mass is 456 g/mol. The second-order valence-corrected chi connectivity index (χ2v) is 7.28. The summed E-state index contributed by atoms with van der Waals surface area (Å²) in [6, 6.07) is 8.40.